The fourth-order valence-electron chi connectivity index (χ4n) is 3.16. The van der Waals surface area contributed by atoms with Crippen LogP contribution in [-0.4, -0.2) is 20.5 Å². The van der Waals surface area contributed by atoms with Crippen LogP contribution in [0.3, 0.4) is 0 Å². The van der Waals surface area contributed by atoms with Gasteiger partial charge < -0.3 is 19.3 Å². The van der Waals surface area contributed by atoms with E-state index in [9.17, 15) is 19.0 Å². The topological polar surface area (TPSA) is 92.5 Å². The molecule has 6 nitrogen and oxygen atoms in total. The van der Waals surface area contributed by atoms with Crippen molar-refractivity contribution in [3.8, 4) is 33.8 Å². The number of halogens is 2. The highest BCUT2D eigenvalue weighted by atomic mass is 19.1. The van der Waals surface area contributed by atoms with Crippen LogP contribution in [-0.2, 0) is 0 Å². The molecule has 0 aliphatic heterocycles. The normalized spacial score (nSPS) is 10.6. The third-order valence-corrected chi connectivity index (χ3v) is 4.52. The maximum absolute atomic E-state index is 13.5. The average molecular weight is 414 g/mol. The van der Waals surface area contributed by atoms with E-state index in [4.69, 9.17) is 9.05 Å². The molecule has 0 radical (unpaired) electrons. The molecule has 0 amide bonds. The van der Waals surface area contributed by atoms with Gasteiger partial charge in [-0.05, 0) is 58.0 Å². The minimum Gasteiger partial charge on any atom is -0.508 e. The second-order valence-corrected chi connectivity index (χ2v) is 6.72. The molecule has 2 aromatic carbocycles. The van der Waals surface area contributed by atoms with Gasteiger partial charge in [-0.1, -0.05) is 10.3 Å². The molecular formula is C22H20F2N2O4. The van der Waals surface area contributed by atoms with Gasteiger partial charge in [0.2, 0.25) is 0 Å². The molecular weight excluding hydrogens is 394 g/mol. The average Bonchev–Trinajstić information content (AvgIpc) is 3.19. The van der Waals surface area contributed by atoms with Crippen molar-refractivity contribution in [3.63, 3.8) is 0 Å². The second kappa shape index (κ2) is 8.36. The predicted octanol–water partition coefficient (Wildman–Crippen LogP) is 5.61. The van der Waals surface area contributed by atoms with Crippen molar-refractivity contribution in [1.82, 2.24) is 10.3 Å². The fraction of sp³-hybridized carbons (Fsp3) is 0.182. The lowest BCUT2D eigenvalue weighted by Crippen LogP contribution is -1.86. The Morgan fingerprint density at radius 1 is 0.733 bits per heavy atom. The van der Waals surface area contributed by atoms with E-state index in [1.165, 1.54) is 30.3 Å². The summed E-state index contributed by atoms with van der Waals surface area (Å²) in [5, 5.41) is 26.4. The van der Waals surface area contributed by atoms with Crippen LogP contribution in [0.2, 0.25) is 0 Å². The smallest absolute Gasteiger partial charge is 0.141 e. The van der Waals surface area contributed by atoms with E-state index in [-0.39, 0.29) is 11.5 Å². The highest BCUT2D eigenvalue weighted by Crippen LogP contribution is 2.34. The Bertz CT molecular complexity index is 1160. The Kier molecular flexibility index (Phi) is 5.86. The highest BCUT2D eigenvalue weighted by molar-refractivity contribution is 5.73. The molecule has 2 heterocycles. The quantitative estimate of drug-likeness (QED) is 0.443. The number of aryl methyl sites for hydroxylation is 4. The number of aromatic nitrogens is 2. The minimum absolute atomic E-state index is 0.0198. The first-order valence-electron chi connectivity index (χ1n) is 9.02. The van der Waals surface area contributed by atoms with Gasteiger partial charge in [-0.25, -0.2) is 8.78 Å². The number of phenolic OH excluding ortho intramolecular Hbond substituents is 2. The van der Waals surface area contributed by atoms with E-state index >= 15 is 0 Å². The van der Waals surface area contributed by atoms with Crippen molar-refractivity contribution < 1.29 is 28.0 Å². The molecule has 0 bridgehead atoms. The zero-order chi connectivity index (χ0) is 22.0. The molecule has 0 aliphatic rings. The van der Waals surface area contributed by atoms with Crippen LogP contribution in [0.25, 0.3) is 22.3 Å². The number of benzene rings is 2. The monoisotopic (exact) mass is 414 g/mol. The number of nitrogens with zero attached hydrogens (tertiary/aromatic N) is 2. The fourth-order valence-corrected chi connectivity index (χ4v) is 3.16. The first-order chi connectivity index (χ1) is 14.2. The molecule has 30 heavy (non-hydrogen) atoms. The summed E-state index contributed by atoms with van der Waals surface area (Å²) in [5.74, 6) is 0.187. The lowest BCUT2D eigenvalue weighted by molar-refractivity contribution is 0.393. The molecule has 0 aliphatic carbocycles. The summed E-state index contributed by atoms with van der Waals surface area (Å²) in [4.78, 5) is 0. The molecule has 4 rings (SSSR count). The summed E-state index contributed by atoms with van der Waals surface area (Å²) in [6, 6.07) is 7.76. The lowest BCUT2D eigenvalue weighted by Gasteiger charge is -2.03. The molecule has 0 saturated heterocycles. The highest BCUT2D eigenvalue weighted by Gasteiger charge is 2.16. The molecule has 0 unspecified atom stereocenters. The Labute approximate surface area is 171 Å². The van der Waals surface area contributed by atoms with Crippen molar-refractivity contribution >= 4 is 0 Å². The predicted molar refractivity (Wildman–Crippen MR) is 106 cm³/mol. The summed E-state index contributed by atoms with van der Waals surface area (Å²) in [7, 11) is 0. The van der Waals surface area contributed by atoms with Gasteiger partial charge in [0.1, 0.15) is 34.7 Å². The summed E-state index contributed by atoms with van der Waals surface area (Å²) >= 11 is 0. The van der Waals surface area contributed by atoms with Crippen molar-refractivity contribution in [2.75, 3.05) is 0 Å². The summed E-state index contributed by atoms with van der Waals surface area (Å²) in [6.45, 7) is 6.96. The number of phenols is 2. The molecule has 156 valence electrons. The van der Waals surface area contributed by atoms with E-state index in [0.717, 1.165) is 6.07 Å². The third-order valence-electron chi connectivity index (χ3n) is 4.52. The van der Waals surface area contributed by atoms with Crippen LogP contribution in [0.15, 0.2) is 45.4 Å². The summed E-state index contributed by atoms with van der Waals surface area (Å²) < 4.78 is 36.2. The maximum Gasteiger partial charge on any atom is 0.141 e. The minimum atomic E-state index is -0.469. The molecule has 2 aromatic heterocycles. The van der Waals surface area contributed by atoms with Crippen molar-refractivity contribution in [2.45, 2.75) is 27.7 Å². The second-order valence-electron chi connectivity index (χ2n) is 6.72. The molecule has 0 saturated carbocycles. The van der Waals surface area contributed by atoms with Crippen LogP contribution in [0, 0.1) is 39.3 Å². The number of hydrogen-bond acceptors (Lipinski definition) is 6. The van der Waals surface area contributed by atoms with Crippen LogP contribution in [0.5, 0.6) is 11.5 Å². The van der Waals surface area contributed by atoms with E-state index < -0.39 is 11.6 Å². The van der Waals surface area contributed by atoms with Gasteiger partial charge >= 0.3 is 0 Å². The van der Waals surface area contributed by atoms with Gasteiger partial charge in [0.05, 0.1) is 22.5 Å². The summed E-state index contributed by atoms with van der Waals surface area (Å²) in [6.07, 6.45) is 0. The van der Waals surface area contributed by atoms with E-state index in [0.29, 0.717) is 45.2 Å². The van der Waals surface area contributed by atoms with Gasteiger partial charge in [0.15, 0.2) is 0 Å². The van der Waals surface area contributed by atoms with Crippen LogP contribution in [0.4, 0.5) is 8.78 Å². The Balaban J connectivity index is 0.000000171. The number of rotatable bonds is 2. The molecule has 0 spiro atoms. The standard InChI is InChI=1S/2C11H10FNO2/c1-6-11(7(2)15-13-6)9-5-8(14)3-4-10(9)12;1-6-11(7(2)15-13-6)9-4-3-8(12)5-10(9)14/h2*3-5,14H,1-2H3. The lowest BCUT2D eigenvalue weighted by atomic mass is 10.0. The molecule has 2 N–H and O–H groups in total. The van der Waals surface area contributed by atoms with E-state index in [1.807, 2.05) is 0 Å². The first-order valence-corrected chi connectivity index (χ1v) is 9.02. The van der Waals surface area contributed by atoms with Gasteiger partial charge in [0.25, 0.3) is 0 Å². The van der Waals surface area contributed by atoms with Crippen molar-refractivity contribution in [2.24, 2.45) is 0 Å². The van der Waals surface area contributed by atoms with Gasteiger partial charge in [0, 0.05) is 17.2 Å². The van der Waals surface area contributed by atoms with Crippen LogP contribution < -0.4 is 0 Å². The number of aromatic hydroxyl groups is 2. The summed E-state index contributed by atoms with van der Waals surface area (Å²) in [5.41, 5.74) is 3.45. The maximum atomic E-state index is 13.5. The van der Waals surface area contributed by atoms with Crippen LogP contribution in [0.1, 0.15) is 22.9 Å². The Morgan fingerprint density at radius 3 is 1.80 bits per heavy atom. The Morgan fingerprint density at radius 2 is 1.30 bits per heavy atom. The van der Waals surface area contributed by atoms with Gasteiger partial charge in [-0.2, -0.15) is 0 Å². The number of hydrogen-bond donors (Lipinski definition) is 2. The third kappa shape index (κ3) is 4.17. The molecule has 0 fully saturated rings. The SMILES string of the molecule is Cc1noc(C)c1-c1cc(O)ccc1F.Cc1noc(C)c1-c1ccc(F)cc1O. The van der Waals surface area contributed by atoms with Crippen molar-refractivity contribution in [3.05, 3.63) is 70.9 Å². The molecule has 0 atom stereocenters. The van der Waals surface area contributed by atoms with E-state index in [2.05, 4.69) is 10.3 Å². The van der Waals surface area contributed by atoms with E-state index in [1.54, 1.807) is 27.7 Å². The first kappa shape index (κ1) is 21.0. The van der Waals surface area contributed by atoms with Crippen molar-refractivity contribution in [1.29, 1.82) is 0 Å². The van der Waals surface area contributed by atoms with Gasteiger partial charge in [-0.15, -0.1) is 0 Å². The molecule has 4 aromatic rings. The zero-order valence-electron chi connectivity index (χ0n) is 16.8. The molecule has 8 heteroatoms. The largest absolute Gasteiger partial charge is 0.508 e. The zero-order valence-corrected chi connectivity index (χ0v) is 16.8. The van der Waals surface area contributed by atoms with Gasteiger partial charge in [-0.3, -0.25) is 0 Å². The Hall–Kier alpha value is -3.68. The van der Waals surface area contributed by atoms with Crippen LogP contribution >= 0.6 is 0 Å².